The first-order valence-corrected chi connectivity index (χ1v) is 17.7. The first-order valence-electron chi connectivity index (χ1n) is 17.7. The van der Waals surface area contributed by atoms with E-state index < -0.39 is 0 Å². The molecule has 0 saturated heterocycles. The number of benzene rings is 6. The zero-order chi connectivity index (χ0) is 39.0. The Balaban J connectivity index is 1.25. The van der Waals surface area contributed by atoms with Gasteiger partial charge in [-0.3, -0.25) is 9.69 Å². The third-order valence-electron chi connectivity index (χ3n) is 8.84. The number of hydrogen-bond acceptors (Lipinski definition) is 12. The van der Waals surface area contributed by atoms with Crippen LogP contribution in [0.5, 0.6) is 46.5 Å². The van der Waals surface area contributed by atoms with Gasteiger partial charge >= 0.3 is 0 Å². The Morgan fingerprint density at radius 3 is 0.845 bits per heavy atom. The summed E-state index contributed by atoms with van der Waals surface area (Å²) in [6, 6.07) is 39.6. The van der Waals surface area contributed by atoms with E-state index in [2.05, 4.69) is 9.69 Å². The van der Waals surface area contributed by atoms with Crippen LogP contribution in [0.1, 0.15) is 0 Å². The smallest absolute Gasteiger partial charge is 0.286 e. The first-order chi connectivity index (χ1) is 28.6. The molecule has 10 aromatic rings. The molecule has 0 aliphatic carbocycles. The molecule has 0 saturated carbocycles. The largest absolute Gasteiger partial charge is 0.435 e. The summed E-state index contributed by atoms with van der Waals surface area (Å²) >= 11 is 0. The lowest BCUT2D eigenvalue weighted by Gasteiger charge is -2.14. The molecule has 10 rings (SSSR count). The molecule has 0 aliphatic heterocycles. The summed E-state index contributed by atoms with van der Waals surface area (Å²) in [5, 5.41) is 0.970. The Hall–Kier alpha value is -8.88. The van der Waals surface area contributed by atoms with Gasteiger partial charge in [-0.25, -0.2) is 19.9 Å². The molecule has 4 heterocycles. The molecule has 0 aliphatic rings. The van der Waals surface area contributed by atoms with Crippen LogP contribution in [0, 0.1) is 13.1 Å². The molecule has 14 nitrogen and oxygen atoms in total. The van der Waals surface area contributed by atoms with Crippen LogP contribution < -0.4 is 18.9 Å². The number of fused-ring (bicyclic) bond motifs is 8. The van der Waals surface area contributed by atoms with Crippen LogP contribution >= 0.6 is 0 Å². The van der Waals surface area contributed by atoms with Crippen molar-refractivity contribution in [1.82, 2.24) is 39.9 Å². The van der Waals surface area contributed by atoms with Crippen molar-refractivity contribution < 1.29 is 18.9 Å². The third-order valence-corrected chi connectivity index (χ3v) is 8.84. The summed E-state index contributed by atoms with van der Waals surface area (Å²) in [7, 11) is 0. The molecule has 58 heavy (non-hydrogen) atoms. The van der Waals surface area contributed by atoms with Crippen molar-refractivity contribution in [3.05, 3.63) is 156 Å². The minimum absolute atomic E-state index is 0.0503. The van der Waals surface area contributed by atoms with Crippen molar-refractivity contribution in [1.29, 1.82) is 0 Å². The molecule has 0 spiro atoms. The van der Waals surface area contributed by atoms with Gasteiger partial charge < -0.3 is 18.9 Å². The minimum atomic E-state index is 0.0503. The van der Waals surface area contributed by atoms with E-state index in [9.17, 15) is 0 Å². The number of nitrogens with zero attached hydrogens (tertiary/aromatic N) is 10. The number of ether oxygens (including phenoxy) is 4. The van der Waals surface area contributed by atoms with Gasteiger partial charge in [0.05, 0.1) is 13.1 Å². The van der Waals surface area contributed by atoms with Crippen LogP contribution in [0.15, 0.2) is 133 Å². The molecule has 0 atom stereocenters. The minimum Gasteiger partial charge on any atom is -0.435 e. The van der Waals surface area contributed by atoms with Crippen LogP contribution in [-0.4, -0.2) is 39.9 Å². The predicted molar refractivity (Wildman–Crippen MR) is 215 cm³/mol. The van der Waals surface area contributed by atoms with Gasteiger partial charge in [-0.2, -0.15) is 19.9 Å². The number of hydrogen-bond donors (Lipinski definition) is 0. The second-order valence-electron chi connectivity index (χ2n) is 12.6. The summed E-state index contributed by atoms with van der Waals surface area (Å²) in [4.78, 5) is 46.1. The first kappa shape index (κ1) is 33.7. The normalized spacial score (nSPS) is 11.1. The van der Waals surface area contributed by atoms with E-state index >= 15 is 0 Å². The molecule has 0 fully saturated rings. The van der Waals surface area contributed by atoms with Crippen molar-refractivity contribution in [3.63, 3.8) is 0 Å². The average molecular weight is 755 g/mol. The Morgan fingerprint density at radius 1 is 0.328 bits per heavy atom. The van der Waals surface area contributed by atoms with Crippen LogP contribution in [0.4, 0.5) is 11.4 Å². The Morgan fingerprint density at radius 2 is 0.586 bits per heavy atom. The number of aromatic nitrogens is 8. The van der Waals surface area contributed by atoms with Crippen LogP contribution in [0.25, 0.3) is 65.1 Å². The molecule has 0 amide bonds. The number of rotatable bonds is 8. The topological polar surface area (TPSA) is 149 Å². The van der Waals surface area contributed by atoms with Crippen molar-refractivity contribution in [2.45, 2.75) is 0 Å². The lowest BCUT2D eigenvalue weighted by Crippen LogP contribution is -2.03. The van der Waals surface area contributed by atoms with Gasteiger partial charge in [-0.1, -0.05) is 84.9 Å². The molecule has 0 radical (unpaired) electrons. The SMILES string of the molecule is [C-]#[N+]c1cc2c(cc1[N+]#[C-])c1nc3nc(Oc4ccccc4)c(Oc4ccccc4)nc3nc1c1nc3nc(Oc4ccccc4)c(Oc4ccccc4)nc3nc21. The maximum Gasteiger partial charge on any atom is 0.286 e. The third kappa shape index (κ3) is 6.20. The van der Waals surface area contributed by atoms with E-state index in [1.165, 1.54) is 0 Å². The predicted octanol–water partition coefficient (Wildman–Crippen LogP) is 10.9. The van der Waals surface area contributed by atoms with Gasteiger partial charge in [0.1, 0.15) is 45.1 Å². The summed E-state index contributed by atoms with van der Waals surface area (Å²) in [5.74, 6) is 2.22. The van der Waals surface area contributed by atoms with Crippen molar-refractivity contribution in [2.75, 3.05) is 0 Å². The van der Waals surface area contributed by atoms with Gasteiger partial charge in [0.25, 0.3) is 23.5 Å². The summed E-state index contributed by atoms with van der Waals surface area (Å²) in [6.45, 7) is 15.7. The highest BCUT2D eigenvalue weighted by Gasteiger charge is 2.23. The lowest BCUT2D eigenvalue weighted by molar-refractivity contribution is 0.394. The monoisotopic (exact) mass is 754 g/mol. The molecule has 0 unspecified atom stereocenters. The molecule has 14 heteroatoms. The van der Waals surface area contributed by atoms with Gasteiger partial charge in [0, 0.05) is 0 Å². The molecule has 4 aromatic heterocycles. The van der Waals surface area contributed by atoms with E-state index in [1.54, 1.807) is 60.7 Å². The molecule has 6 aromatic carbocycles. The highest BCUT2D eigenvalue weighted by Crippen LogP contribution is 2.41. The van der Waals surface area contributed by atoms with Crippen LogP contribution in [0.3, 0.4) is 0 Å². The highest BCUT2D eigenvalue weighted by molar-refractivity contribution is 6.23. The van der Waals surface area contributed by atoms with Crippen LogP contribution in [0.2, 0.25) is 0 Å². The van der Waals surface area contributed by atoms with Crippen molar-refractivity contribution in [3.8, 4) is 46.5 Å². The van der Waals surface area contributed by atoms with Crippen LogP contribution in [-0.2, 0) is 0 Å². The summed E-state index contributed by atoms with van der Waals surface area (Å²) in [5.41, 5.74) is 2.00. The zero-order valence-electron chi connectivity index (χ0n) is 29.8. The van der Waals surface area contributed by atoms with E-state index in [1.807, 2.05) is 72.8 Å². The molecular weight excluding hydrogens is 733 g/mol. The fourth-order valence-electron chi connectivity index (χ4n) is 6.23. The van der Waals surface area contributed by atoms with Gasteiger partial charge in [0.2, 0.25) is 22.6 Å². The second kappa shape index (κ2) is 14.1. The molecule has 272 valence electrons. The van der Waals surface area contributed by atoms with Gasteiger partial charge in [-0.05, 0) is 59.3 Å². The standard InChI is InChI=1S/C44H22N10O4/c1-45-31-23-29-30(24-32(31)46-2)34-36(50-40-38(48-34)52-42(56-26-17-9-4-10-18-26)44(54-40)58-28-21-13-6-14-22-28)35-33(29)47-37-39(49-35)53-43(57-27-19-11-5-12-20-27)41(51-37)55-25-15-7-3-8-16-25/h3-24H. The number of para-hydroxylation sites is 4. The average Bonchev–Trinajstić information content (AvgIpc) is 3.27. The van der Waals surface area contributed by atoms with Crippen molar-refractivity contribution in [2.24, 2.45) is 0 Å². The zero-order valence-corrected chi connectivity index (χ0v) is 29.8. The van der Waals surface area contributed by atoms with E-state index in [-0.39, 0.29) is 68.5 Å². The summed E-state index contributed by atoms with van der Waals surface area (Å²) in [6.07, 6.45) is 0. The van der Waals surface area contributed by atoms with E-state index in [0.717, 1.165) is 0 Å². The Bertz CT molecular complexity index is 3090. The van der Waals surface area contributed by atoms with E-state index in [0.29, 0.717) is 44.8 Å². The van der Waals surface area contributed by atoms with Gasteiger partial charge in [0.15, 0.2) is 11.4 Å². The quantitative estimate of drug-likeness (QED) is 0.0825. The maximum absolute atomic E-state index is 7.86. The molecule has 0 bridgehead atoms. The second-order valence-corrected chi connectivity index (χ2v) is 12.6. The lowest BCUT2D eigenvalue weighted by atomic mass is 10.0. The van der Waals surface area contributed by atoms with Gasteiger partial charge in [-0.15, -0.1) is 0 Å². The maximum atomic E-state index is 7.86. The summed E-state index contributed by atoms with van der Waals surface area (Å²) < 4.78 is 24.7. The van der Waals surface area contributed by atoms with E-state index in [4.69, 9.17) is 72.0 Å². The highest BCUT2D eigenvalue weighted by atomic mass is 16.5. The molecule has 0 N–H and O–H groups in total. The Kier molecular flexibility index (Phi) is 8.17. The Labute approximate surface area is 327 Å². The van der Waals surface area contributed by atoms with Crippen molar-refractivity contribution >= 4 is 66.8 Å². The fraction of sp³-hybridized carbons (Fsp3) is 0. The fourth-order valence-corrected chi connectivity index (χ4v) is 6.23. The molecular formula is C44H22N10O4.